The van der Waals surface area contributed by atoms with Gasteiger partial charge in [0.15, 0.2) is 0 Å². The van der Waals surface area contributed by atoms with E-state index in [1.165, 1.54) is 5.56 Å². The van der Waals surface area contributed by atoms with Gasteiger partial charge in [-0.3, -0.25) is 0 Å². The van der Waals surface area contributed by atoms with Gasteiger partial charge in [0.05, 0.1) is 0 Å². The van der Waals surface area contributed by atoms with Gasteiger partial charge in [0.2, 0.25) is 0 Å². The first kappa shape index (κ1) is 13.3. The zero-order valence-corrected chi connectivity index (χ0v) is 10.9. The van der Waals surface area contributed by atoms with Gasteiger partial charge >= 0.3 is 0 Å². The van der Waals surface area contributed by atoms with Crippen LogP contribution in [0.3, 0.4) is 0 Å². The quantitative estimate of drug-likeness (QED) is 0.689. The Bertz CT molecular complexity index is 299. The first-order valence-corrected chi connectivity index (χ1v) is 5.91. The molecule has 1 rings (SSSR count). The van der Waals surface area contributed by atoms with Crippen LogP contribution in [0.15, 0.2) is 18.5 Å². The van der Waals surface area contributed by atoms with Crippen LogP contribution in [-0.2, 0) is 5.41 Å². The fourth-order valence-electron chi connectivity index (χ4n) is 1.63. The van der Waals surface area contributed by atoms with Crippen molar-refractivity contribution in [3.8, 4) is 0 Å². The van der Waals surface area contributed by atoms with E-state index in [0.29, 0.717) is 6.54 Å². The minimum absolute atomic E-state index is 0.157. The third-order valence-corrected chi connectivity index (χ3v) is 3.10. The zero-order valence-electron chi connectivity index (χ0n) is 10.9. The molecule has 0 unspecified atom stereocenters. The molecule has 0 aromatic carbocycles. The molecule has 0 saturated heterocycles. The Kier molecular flexibility index (Phi) is 4.16. The summed E-state index contributed by atoms with van der Waals surface area (Å²) in [6, 6.07) is 2.13. The second-order valence-electron chi connectivity index (χ2n) is 5.96. The second kappa shape index (κ2) is 5.02. The van der Waals surface area contributed by atoms with E-state index in [2.05, 4.69) is 50.3 Å². The number of aromatic nitrogens is 1. The van der Waals surface area contributed by atoms with Crippen LogP contribution >= 0.6 is 0 Å². The molecule has 0 bridgehead atoms. The van der Waals surface area contributed by atoms with Gasteiger partial charge < -0.3 is 16.0 Å². The van der Waals surface area contributed by atoms with Crippen molar-refractivity contribution >= 4 is 0 Å². The van der Waals surface area contributed by atoms with Gasteiger partial charge in [0.25, 0.3) is 0 Å². The van der Waals surface area contributed by atoms with Crippen molar-refractivity contribution in [2.45, 2.75) is 33.1 Å². The fourth-order valence-corrected chi connectivity index (χ4v) is 1.63. The summed E-state index contributed by atoms with van der Waals surface area (Å²) in [5.41, 5.74) is 7.38. The third-order valence-electron chi connectivity index (χ3n) is 3.10. The minimum Gasteiger partial charge on any atom is -0.367 e. The number of rotatable bonds is 6. The van der Waals surface area contributed by atoms with Gasteiger partial charge in [-0.25, -0.2) is 0 Å². The highest BCUT2D eigenvalue weighted by Gasteiger charge is 2.22. The lowest BCUT2D eigenvalue weighted by molar-refractivity contribution is 0.332. The molecule has 4 N–H and O–H groups in total. The number of hydrogen-bond donors (Lipinski definition) is 3. The largest absolute Gasteiger partial charge is 0.367 e. The Balaban J connectivity index is 2.43. The molecule has 0 aliphatic rings. The Morgan fingerprint density at radius 1 is 1.25 bits per heavy atom. The van der Waals surface area contributed by atoms with E-state index in [4.69, 9.17) is 5.73 Å². The van der Waals surface area contributed by atoms with Gasteiger partial charge in [-0.2, -0.15) is 0 Å². The van der Waals surface area contributed by atoms with E-state index in [1.807, 2.05) is 6.20 Å². The summed E-state index contributed by atoms with van der Waals surface area (Å²) in [5.74, 6) is 0. The molecule has 0 aliphatic carbocycles. The summed E-state index contributed by atoms with van der Waals surface area (Å²) in [6.45, 7) is 11.5. The predicted molar refractivity (Wildman–Crippen MR) is 69.5 cm³/mol. The molecule has 0 atom stereocenters. The normalized spacial score (nSPS) is 13.1. The molecule has 92 valence electrons. The van der Waals surface area contributed by atoms with Crippen LogP contribution in [0.2, 0.25) is 0 Å². The molecule has 0 aliphatic heterocycles. The van der Waals surface area contributed by atoms with Crippen LogP contribution in [0.25, 0.3) is 0 Å². The summed E-state index contributed by atoms with van der Waals surface area (Å²) < 4.78 is 0. The van der Waals surface area contributed by atoms with E-state index < -0.39 is 0 Å². The van der Waals surface area contributed by atoms with Gasteiger partial charge in [0, 0.05) is 30.9 Å². The SMILES string of the molecule is CC(C)(CN)CNCC(C)(C)c1cc[nH]c1. The summed E-state index contributed by atoms with van der Waals surface area (Å²) >= 11 is 0. The van der Waals surface area contributed by atoms with E-state index in [0.717, 1.165) is 13.1 Å². The molecule has 1 aromatic heterocycles. The minimum atomic E-state index is 0.157. The van der Waals surface area contributed by atoms with Crippen molar-refractivity contribution in [1.82, 2.24) is 10.3 Å². The van der Waals surface area contributed by atoms with Crippen molar-refractivity contribution in [1.29, 1.82) is 0 Å². The highest BCUT2D eigenvalue weighted by molar-refractivity contribution is 5.20. The Labute approximate surface area is 98.8 Å². The average Bonchev–Trinajstić information content (AvgIpc) is 2.70. The number of H-pyrrole nitrogens is 1. The van der Waals surface area contributed by atoms with Crippen molar-refractivity contribution in [3.63, 3.8) is 0 Å². The molecule has 0 saturated carbocycles. The van der Waals surface area contributed by atoms with E-state index in [1.54, 1.807) is 0 Å². The van der Waals surface area contributed by atoms with Gasteiger partial charge in [-0.05, 0) is 23.6 Å². The van der Waals surface area contributed by atoms with Crippen molar-refractivity contribution in [2.24, 2.45) is 11.1 Å². The summed E-state index contributed by atoms with van der Waals surface area (Å²) in [7, 11) is 0. The number of nitrogens with two attached hydrogens (primary N) is 1. The number of aromatic amines is 1. The van der Waals surface area contributed by atoms with Crippen molar-refractivity contribution < 1.29 is 0 Å². The third kappa shape index (κ3) is 3.65. The lowest BCUT2D eigenvalue weighted by Gasteiger charge is -2.28. The summed E-state index contributed by atoms with van der Waals surface area (Å²) in [5, 5.41) is 3.51. The molecule has 0 spiro atoms. The molecular formula is C13H25N3. The van der Waals surface area contributed by atoms with Gasteiger partial charge in [-0.15, -0.1) is 0 Å². The molecule has 0 amide bonds. The van der Waals surface area contributed by atoms with E-state index in [9.17, 15) is 0 Å². The van der Waals surface area contributed by atoms with Crippen LogP contribution in [0.1, 0.15) is 33.3 Å². The van der Waals surface area contributed by atoms with Crippen molar-refractivity contribution in [2.75, 3.05) is 19.6 Å². The molecule has 0 radical (unpaired) electrons. The van der Waals surface area contributed by atoms with Gasteiger partial charge in [-0.1, -0.05) is 27.7 Å². The highest BCUT2D eigenvalue weighted by Crippen LogP contribution is 2.22. The topological polar surface area (TPSA) is 53.8 Å². The molecule has 0 fully saturated rings. The number of nitrogens with one attached hydrogen (secondary N) is 2. The average molecular weight is 223 g/mol. The lowest BCUT2D eigenvalue weighted by Crippen LogP contribution is -2.40. The number of hydrogen-bond acceptors (Lipinski definition) is 2. The summed E-state index contributed by atoms with van der Waals surface area (Å²) in [4.78, 5) is 3.11. The molecule has 16 heavy (non-hydrogen) atoms. The van der Waals surface area contributed by atoms with Gasteiger partial charge in [0.1, 0.15) is 0 Å². The maximum atomic E-state index is 5.71. The first-order valence-electron chi connectivity index (χ1n) is 5.91. The monoisotopic (exact) mass is 223 g/mol. The molecule has 3 heteroatoms. The lowest BCUT2D eigenvalue weighted by atomic mass is 9.85. The molecule has 3 nitrogen and oxygen atoms in total. The Morgan fingerprint density at radius 3 is 2.44 bits per heavy atom. The van der Waals surface area contributed by atoms with E-state index >= 15 is 0 Å². The van der Waals surface area contributed by atoms with E-state index in [-0.39, 0.29) is 10.8 Å². The molecular weight excluding hydrogens is 198 g/mol. The van der Waals surface area contributed by atoms with Crippen molar-refractivity contribution in [3.05, 3.63) is 24.0 Å². The maximum Gasteiger partial charge on any atom is 0.00439 e. The molecule has 1 heterocycles. The van der Waals surface area contributed by atoms with Crippen LogP contribution in [0.5, 0.6) is 0 Å². The molecule has 1 aromatic rings. The fraction of sp³-hybridized carbons (Fsp3) is 0.692. The highest BCUT2D eigenvalue weighted by atomic mass is 14.9. The standard InChI is InChI=1S/C13H25N3/c1-12(2,8-14)9-16-10-13(3,4)11-5-6-15-7-11/h5-7,15-16H,8-10,14H2,1-4H3. The Morgan fingerprint density at radius 2 is 1.94 bits per heavy atom. The van der Waals surface area contributed by atoms with Crippen LogP contribution in [0, 0.1) is 5.41 Å². The maximum absolute atomic E-state index is 5.71. The van der Waals surface area contributed by atoms with Crippen LogP contribution in [0.4, 0.5) is 0 Å². The smallest absolute Gasteiger partial charge is 0.00439 e. The zero-order chi connectivity index (χ0) is 12.2. The van der Waals surface area contributed by atoms with Crippen LogP contribution < -0.4 is 11.1 Å². The predicted octanol–water partition coefficient (Wildman–Crippen LogP) is 1.87. The van der Waals surface area contributed by atoms with Crippen LogP contribution in [-0.4, -0.2) is 24.6 Å². The summed E-state index contributed by atoms with van der Waals surface area (Å²) in [6.07, 6.45) is 4.04. The second-order valence-corrected chi connectivity index (χ2v) is 5.96. The first-order chi connectivity index (χ1) is 7.37. The Hall–Kier alpha value is -0.800.